The molecule has 0 unspecified atom stereocenters. The van der Waals surface area contributed by atoms with Gasteiger partial charge in [-0.2, -0.15) is 0 Å². The van der Waals surface area contributed by atoms with Gasteiger partial charge in [0.25, 0.3) is 5.56 Å². The fraction of sp³-hybridized carbons (Fsp3) is 0.538. The number of hydrogen-bond donors (Lipinski definition) is 0. The third kappa shape index (κ3) is 1.34. The average Bonchev–Trinajstić information content (AvgIpc) is 2.92. The highest BCUT2D eigenvalue weighted by Gasteiger charge is 2.24. The van der Waals surface area contributed by atoms with Crippen LogP contribution in [-0.4, -0.2) is 28.0 Å². The van der Waals surface area contributed by atoms with Gasteiger partial charge in [0.15, 0.2) is 0 Å². The van der Waals surface area contributed by atoms with Crippen LogP contribution in [-0.2, 0) is 25.9 Å². The monoisotopic (exact) mass is 261 g/mol. The van der Waals surface area contributed by atoms with E-state index in [9.17, 15) is 4.79 Å². The van der Waals surface area contributed by atoms with Crippen molar-refractivity contribution in [3.8, 4) is 0 Å². The molecular weight excluding hydrogens is 246 g/mol. The maximum atomic E-state index is 12.6. The lowest BCUT2D eigenvalue weighted by molar-refractivity contribution is 0.318. The largest absolute Gasteiger partial charge is 0.301 e. The first kappa shape index (κ1) is 10.7. The Labute approximate surface area is 109 Å². The smallest absolute Gasteiger partial charge is 0.262 e. The molecule has 0 amide bonds. The second-order valence-electron chi connectivity index (χ2n) is 5.26. The van der Waals surface area contributed by atoms with E-state index in [1.807, 2.05) is 4.57 Å². The third-order valence-electron chi connectivity index (χ3n) is 4.01. The molecule has 18 heavy (non-hydrogen) atoms. The van der Waals surface area contributed by atoms with Crippen molar-refractivity contribution in [2.75, 3.05) is 13.6 Å². The lowest BCUT2D eigenvalue weighted by Crippen LogP contribution is -2.27. The molecule has 0 bridgehead atoms. The van der Waals surface area contributed by atoms with Crippen molar-refractivity contribution in [3.63, 3.8) is 0 Å². The van der Waals surface area contributed by atoms with Crippen LogP contribution in [0, 0.1) is 0 Å². The SMILES string of the molecule is CN1CCc2c(sc3nc4n(c(=O)c23)CCC4)C1. The predicted molar refractivity (Wildman–Crippen MR) is 72.2 cm³/mol. The lowest BCUT2D eigenvalue weighted by atomic mass is 10.1. The van der Waals surface area contributed by atoms with E-state index >= 15 is 0 Å². The quantitative estimate of drug-likeness (QED) is 0.719. The lowest BCUT2D eigenvalue weighted by Gasteiger charge is -2.21. The number of hydrogen-bond acceptors (Lipinski definition) is 4. The van der Waals surface area contributed by atoms with Crippen molar-refractivity contribution >= 4 is 21.6 Å². The fourth-order valence-corrected chi connectivity index (χ4v) is 4.37. The van der Waals surface area contributed by atoms with Crippen LogP contribution in [0.2, 0.25) is 0 Å². The van der Waals surface area contributed by atoms with Crippen molar-refractivity contribution < 1.29 is 0 Å². The standard InChI is InChI=1S/C13H15N3OS/c1-15-6-4-8-9(7-15)18-12-11(8)13(17)16-5-2-3-10(16)14-12/h2-7H2,1H3. The first-order valence-corrected chi connectivity index (χ1v) is 7.28. The first-order valence-electron chi connectivity index (χ1n) is 6.46. The summed E-state index contributed by atoms with van der Waals surface area (Å²) >= 11 is 1.72. The number of likely N-dealkylation sites (N-methyl/N-ethyl adjacent to an activating group) is 1. The van der Waals surface area contributed by atoms with E-state index in [2.05, 4.69) is 11.9 Å². The molecule has 0 N–H and O–H groups in total. The Hall–Kier alpha value is -1.20. The van der Waals surface area contributed by atoms with Crippen molar-refractivity contribution in [2.45, 2.75) is 32.4 Å². The molecule has 0 aliphatic carbocycles. The normalized spacial score (nSPS) is 19.2. The van der Waals surface area contributed by atoms with Crippen LogP contribution >= 0.6 is 11.3 Å². The number of rotatable bonds is 0. The molecule has 4 rings (SSSR count). The molecule has 2 aliphatic rings. The molecule has 4 heterocycles. The summed E-state index contributed by atoms with van der Waals surface area (Å²) in [6.45, 7) is 2.85. The third-order valence-corrected chi connectivity index (χ3v) is 5.12. The van der Waals surface area contributed by atoms with Gasteiger partial charge in [-0.1, -0.05) is 0 Å². The van der Waals surface area contributed by atoms with E-state index < -0.39 is 0 Å². The van der Waals surface area contributed by atoms with Crippen LogP contribution in [0.3, 0.4) is 0 Å². The number of fused-ring (bicyclic) bond motifs is 4. The molecule has 94 valence electrons. The zero-order valence-corrected chi connectivity index (χ0v) is 11.2. The van der Waals surface area contributed by atoms with E-state index in [0.29, 0.717) is 0 Å². The summed E-state index contributed by atoms with van der Waals surface area (Å²) in [4.78, 5) is 21.9. The Kier molecular flexibility index (Phi) is 2.17. The highest BCUT2D eigenvalue weighted by atomic mass is 32.1. The molecule has 0 fully saturated rings. The van der Waals surface area contributed by atoms with Gasteiger partial charge in [0.1, 0.15) is 10.7 Å². The Morgan fingerprint density at radius 3 is 3.06 bits per heavy atom. The summed E-state index contributed by atoms with van der Waals surface area (Å²) in [6, 6.07) is 0. The molecule has 0 saturated heterocycles. The van der Waals surface area contributed by atoms with Crippen molar-refractivity contribution in [1.29, 1.82) is 0 Å². The maximum Gasteiger partial charge on any atom is 0.262 e. The average molecular weight is 261 g/mol. The topological polar surface area (TPSA) is 38.1 Å². The highest BCUT2D eigenvalue weighted by Crippen LogP contribution is 2.32. The second-order valence-corrected chi connectivity index (χ2v) is 6.34. The van der Waals surface area contributed by atoms with E-state index in [4.69, 9.17) is 4.98 Å². The molecular formula is C13H15N3OS. The van der Waals surface area contributed by atoms with E-state index in [0.717, 1.165) is 54.9 Å². The van der Waals surface area contributed by atoms with E-state index in [1.165, 1.54) is 10.4 Å². The minimum atomic E-state index is 0.203. The van der Waals surface area contributed by atoms with Crippen LogP contribution in [0.4, 0.5) is 0 Å². The molecule has 0 radical (unpaired) electrons. The summed E-state index contributed by atoms with van der Waals surface area (Å²) in [6.07, 6.45) is 3.00. The first-order chi connectivity index (χ1) is 8.74. The number of thiophene rings is 1. The Balaban J connectivity index is 2.05. The zero-order chi connectivity index (χ0) is 12.3. The summed E-state index contributed by atoms with van der Waals surface area (Å²) < 4.78 is 1.88. The molecule has 5 heteroatoms. The van der Waals surface area contributed by atoms with Crippen LogP contribution in [0.25, 0.3) is 10.2 Å². The molecule has 0 atom stereocenters. The van der Waals surface area contributed by atoms with Gasteiger partial charge in [-0.25, -0.2) is 4.98 Å². The van der Waals surface area contributed by atoms with Gasteiger partial charge in [0.05, 0.1) is 5.39 Å². The molecule has 2 aliphatic heterocycles. The van der Waals surface area contributed by atoms with Gasteiger partial charge >= 0.3 is 0 Å². The summed E-state index contributed by atoms with van der Waals surface area (Å²) in [7, 11) is 2.13. The minimum absolute atomic E-state index is 0.203. The molecule has 2 aromatic heterocycles. The molecule has 0 saturated carbocycles. The summed E-state index contributed by atoms with van der Waals surface area (Å²) in [5, 5.41) is 0.911. The Morgan fingerprint density at radius 2 is 2.17 bits per heavy atom. The highest BCUT2D eigenvalue weighted by molar-refractivity contribution is 7.18. The molecule has 2 aromatic rings. The molecule has 0 aromatic carbocycles. The van der Waals surface area contributed by atoms with Crippen molar-refractivity contribution in [3.05, 3.63) is 26.6 Å². The van der Waals surface area contributed by atoms with Crippen LogP contribution < -0.4 is 5.56 Å². The van der Waals surface area contributed by atoms with Crippen LogP contribution in [0.5, 0.6) is 0 Å². The Bertz CT molecular complexity index is 700. The van der Waals surface area contributed by atoms with Gasteiger partial charge in [-0.15, -0.1) is 11.3 Å². The zero-order valence-electron chi connectivity index (χ0n) is 10.4. The Morgan fingerprint density at radius 1 is 1.28 bits per heavy atom. The summed E-state index contributed by atoms with van der Waals surface area (Å²) in [5.74, 6) is 0.986. The van der Waals surface area contributed by atoms with Gasteiger partial charge in [0, 0.05) is 30.9 Å². The van der Waals surface area contributed by atoms with E-state index in [1.54, 1.807) is 11.3 Å². The minimum Gasteiger partial charge on any atom is -0.301 e. The van der Waals surface area contributed by atoms with Gasteiger partial charge in [-0.05, 0) is 25.5 Å². The van der Waals surface area contributed by atoms with Gasteiger partial charge in [-0.3, -0.25) is 9.36 Å². The van der Waals surface area contributed by atoms with Crippen LogP contribution in [0.15, 0.2) is 4.79 Å². The number of nitrogens with zero attached hydrogens (tertiary/aromatic N) is 3. The number of aromatic nitrogens is 2. The maximum absolute atomic E-state index is 12.6. The fourth-order valence-electron chi connectivity index (χ4n) is 3.06. The summed E-state index contributed by atoms with van der Waals surface area (Å²) in [5.41, 5.74) is 1.47. The molecule has 4 nitrogen and oxygen atoms in total. The van der Waals surface area contributed by atoms with Crippen molar-refractivity contribution in [1.82, 2.24) is 14.5 Å². The van der Waals surface area contributed by atoms with Gasteiger partial charge < -0.3 is 4.90 Å². The van der Waals surface area contributed by atoms with Crippen molar-refractivity contribution in [2.24, 2.45) is 0 Å². The molecule has 0 spiro atoms. The predicted octanol–water partition coefficient (Wildman–Crippen LogP) is 1.39. The van der Waals surface area contributed by atoms with Gasteiger partial charge in [0.2, 0.25) is 0 Å². The van der Waals surface area contributed by atoms with E-state index in [-0.39, 0.29) is 5.56 Å². The number of aryl methyl sites for hydroxylation is 1. The van der Waals surface area contributed by atoms with Crippen LogP contribution in [0.1, 0.15) is 22.7 Å². The second kappa shape index (κ2) is 3.65.